The van der Waals surface area contributed by atoms with Gasteiger partial charge in [-0.25, -0.2) is 0 Å². The van der Waals surface area contributed by atoms with Gasteiger partial charge in [0.15, 0.2) is 0 Å². The van der Waals surface area contributed by atoms with Gasteiger partial charge in [-0.2, -0.15) is 0 Å². The lowest BCUT2D eigenvalue weighted by atomic mass is 9.91. The van der Waals surface area contributed by atoms with Crippen molar-refractivity contribution in [3.63, 3.8) is 0 Å². The Morgan fingerprint density at radius 2 is 1.22 bits per heavy atom. The number of pyridine rings is 1. The summed E-state index contributed by atoms with van der Waals surface area (Å²) in [7, 11) is 0. The molecule has 186 valence electrons. The van der Waals surface area contributed by atoms with Crippen molar-refractivity contribution in [1.82, 2.24) is 4.52 Å². The molecule has 0 radical (unpaired) electrons. The summed E-state index contributed by atoms with van der Waals surface area (Å²) in [5.41, 5.74) is 10.8. The van der Waals surface area contributed by atoms with E-state index in [9.17, 15) is 0 Å². The number of aromatic nitrogens is 2. The Balaban J connectivity index is 0.00000120. The Morgan fingerprint density at radius 1 is 0.639 bits per heavy atom. The molecule has 3 aromatic heterocycles. The van der Waals surface area contributed by atoms with Gasteiger partial charge in [-0.05, 0) is 41.7 Å². The summed E-state index contributed by atoms with van der Waals surface area (Å²) in [6, 6.07) is 30.9. The molecule has 36 heavy (non-hydrogen) atoms. The molecular formula is C31H33ClN2O2. The van der Waals surface area contributed by atoms with Crippen molar-refractivity contribution in [1.29, 1.82) is 0 Å². The van der Waals surface area contributed by atoms with E-state index in [-0.39, 0.29) is 23.4 Å². The minimum absolute atomic E-state index is 0. The molecule has 0 spiro atoms. The van der Waals surface area contributed by atoms with Crippen molar-refractivity contribution < 1.29 is 27.9 Å². The molecular weight excluding hydrogens is 468 g/mol. The van der Waals surface area contributed by atoms with E-state index in [4.69, 9.17) is 0 Å². The van der Waals surface area contributed by atoms with E-state index in [0.29, 0.717) is 0 Å². The molecule has 0 unspecified atom stereocenters. The standard InChI is InChI=1S/C31H29N2.ClH.2H2O/c1-3-12-24-25(13-4-2)28-20-21-32-30(23-16-9-6-10-17-23)29(22-14-7-5-8-15-22)27-19-11-18-26(24)31(27)33(28)32;;;/h5-11,14-21H,3-4,12-13H2,1-2H3;1H;2*1H2/q+1;;;/p-1. The Labute approximate surface area is 218 Å². The monoisotopic (exact) mass is 500 g/mol. The zero-order valence-corrected chi connectivity index (χ0v) is 21.5. The zero-order chi connectivity index (χ0) is 22.4. The highest BCUT2D eigenvalue weighted by molar-refractivity contribution is 6.08. The van der Waals surface area contributed by atoms with Gasteiger partial charge in [0.05, 0.1) is 5.56 Å². The van der Waals surface area contributed by atoms with E-state index < -0.39 is 0 Å². The molecule has 0 amide bonds. The SMILES string of the molecule is CCCc1c(CCC)c2cc[n+]3c(-c4ccccc4)c(-c4ccccc4)c4cccc1c4n23.O.O.[Cl-]. The number of hydrogen-bond donors (Lipinski definition) is 0. The third-order valence-electron chi connectivity index (χ3n) is 6.91. The van der Waals surface area contributed by atoms with Crippen LogP contribution in [0.25, 0.3) is 44.2 Å². The van der Waals surface area contributed by atoms with Crippen LogP contribution in [-0.4, -0.2) is 15.5 Å². The number of aryl methyl sites for hydroxylation is 2. The predicted octanol–water partition coefficient (Wildman–Crippen LogP) is 2.86. The molecule has 0 atom stereocenters. The highest BCUT2D eigenvalue weighted by Gasteiger charge is 2.29. The van der Waals surface area contributed by atoms with Gasteiger partial charge < -0.3 is 23.4 Å². The lowest BCUT2D eigenvalue weighted by molar-refractivity contribution is -0.600. The fourth-order valence-electron chi connectivity index (χ4n) is 5.64. The van der Waals surface area contributed by atoms with Crippen molar-refractivity contribution >= 4 is 21.8 Å². The molecule has 4 nitrogen and oxygen atoms in total. The second-order valence-electron chi connectivity index (χ2n) is 8.97. The maximum absolute atomic E-state index is 2.48. The van der Waals surface area contributed by atoms with Gasteiger partial charge in [0, 0.05) is 22.4 Å². The van der Waals surface area contributed by atoms with Crippen molar-refractivity contribution in [3.05, 3.63) is 102 Å². The minimum atomic E-state index is 0. The second kappa shape index (κ2) is 11.1. The van der Waals surface area contributed by atoms with Crippen LogP contribution in [0.1, 0.15) is 37.8 Å². The van der Waals surface area contributed by atoms with E-state index in [1.807, 2.05) is 0 Å². The average molecular weight is 501 g/mol. The van der Waals surface area contributed by atoms with Crippen molar-refractivity contribution in [2.75, 3.05) is 0 Å². The first-order chi connectivity index (χ1) is 16.3. The Hall–Kier alpha value is -3.44. The molecule has 6 aromatic rings. The van der Waals surface area contributed by atoms with Gasteiger partial charge in [-0.15, -0.1) is 4.52 Å². The first kappa shape index (κ1) is 27.2. The van der Waals surface area contributed by atoms with Crippen LogP contribution in [0.5, 0.6) is 0 Å². The number of nitrogens with zero attached hydrogens (tertiary/aromatic N) is 2. The van der Waals surface area contributed by atoms with E-state index in [2.05, 4.69) is 114 Å². The summed E-state index contributed by atoms with van der Waals surface area (Å²) in [5, 5.41) is 2.72. The number of halogens is 1. The van der Waals surface area contributed by atoms with Crippen LogP contribution in [0.4, 0.5) is 0 Å². The van der Waals surface area contributed by atoms with E-state index in [1.165, 1.54) is 55.3 Å². The summed E-state index contributed by atoms with van der Waals surface area (Å²) in [5.74, 6) is 0. The maximum Gasteiger partial charge on any atom is 0.251 e. The highest BCUT2D eigenvalue weighted by Crippen LogP contribution is 2.40. The maximum atomic E-state index is 2.48. The Morgan fingerprint density at radius 3 is 1.86 bits per heavy atom. The number of hydrogen-bond acceptors (Lipinski definition) is 0. The van der Waals surface area contributed by atoms with Crippen LogP contribution in [0, 0.1) is 0 Å². The molecule has 5 heteroatoms. The number of para-hydroxylation sites is 1. The molecule has 0 bridgehead atoms. The zero-order valence-electron chi connectivity index (χ0n) is 20.8. The topological polar surface area (TPSA) is 71.5 Å². The first-order valence-electron chi connectivity index (χ1n) is 12.2. The van der Waals surface area contributed by atoms with Crippen LogP contribution in [0.3, 0.4) is 0 Å². The van der Waals surface area contributed by atoms with Crippen molar-refractivity contribution in [2.45, 2.75) is 39.5 Å². The molecule has 0 fully saturated rings. The molecule has 3 aromatic carbocycles. The van der Waals surface area contributed by atoms with Crippen LogP contribution in [0.15, 0.2) is 91.1 Å². The normalized spacial score (nSPS) is 10.8. The third kappa shape index (κ3) is 4.01. The predicted molar refractivity (Wildman–Crippen MR) is 145 cm³/mol. The molecule has 4 N–H and O–H groups in total. The van der Waals surface area contributed by atoms with Gasteiger partial charge in [-0.3, -0.25) is 0 Å². The second-order valence-corrected chi connectivity index (χ2v) is 8.97. The largest absolute Gasteiger partial charge is 1.00 e. The number of benzene rings is 3. The van der Waals surface area contributed by atoms with Crippen molar-refractivity contribution in [2.24, 2.45) is 0 Å². The molecule has 0 aliphatic carbocycles. The molecule has 6 rings (SSSR count). The molecule has 0 saturated heterocycles. The Kier molecular flexibility index (Phi) is 8.36. The van der Waals surface area contributed by atoms with E-state index in [1.54, 1.807) is 0 Å². The summed E-state index contributed by atoms with van der Waals surface area (Å²) in [6.45, 7) is 4.58. The fraction of sp³-hybridized carbons (Fsp3) is 0.194. The fourth-order valence-corrected chi connectivity index (χ4v) is 5.64. The average Bonchev–Trinajstić information content (AvgIpc) is 3.31. The third-order valence-corrected chi connectivity index (χ3v) is 6.91. The Bertz CT molecular complexity index is 1580. The van der Waals surface area contributed by atoms with E-state index >= 15 is 0 Å². The van der Waals surface area contributed by atoms with Crippen LogP contribution < -0.4 is 16.9 Å². The summed E-state index contributed by atoms with van der Waals surface area (Å²) in [4.78, 5) is 0. The van der Waals surface area contributed by atoms with Gasteiger partial charge in [0.1, 0.15) is 11.0 Å². The van der Waals surface area contributed by atoms with Gasteiger partial charge in [0.25, 0.3) is 5.69 Å². The lowest BCUT2D eigenvalue weighted by Gasteiger charge is -2.18. The van der Waals surface area contributed by atoms with Gasteiger partial charge >= 0.3 is 0 Å². The van der Waals surface area contributed by atoms with E-state index in [0.717, 1.165) is 25.7 Å². The molecule has 3 heterocycles. The number of rotatable bonds is 6. The van der Waals surface area contributed by atoms with Crippen molar-refractivity contribution in [3.8, 4) is 22.4 Å². The van der Waals surface area contributed by atoms with Gasteiger partial charge in [0.2, 0.25) is 6.20 Å². The molecule has 0 saturated carbocycles. The minimum Gasteiger partial charge on any atom is -1.00 e. The lowest BCUT2D eigenvalue weighted by Crippen LogP contribution is -3.00. The van der Waals surface area contributed by atoms with Crippen LogP contribution in [-0.2, 0) is 12.8 Å². The summed E-state index contributed by atoms with van der Waals surface area (Å²) < 4.78 is 4.86. The van der Waals surface area contributed by atoms with Crippen LogP contribution >= 0.6 is 0 Å². The van der Waals surface area contributed by atoms with Gasteiger partial charge in [-0.1, -0.05) is 97.9 Å². The molecule has 0 aliphatic heterocycles. The van der Waals surface area contributed by atoms with Crippen LogP contribution in [0.2, 0.25) is 0 Å². The summed E-state index contributed by atoms with van der Waals surface area (Å²) in [6.07, 6.45) is 6.81. The quantitative estimate of drug-likeness (QED) is 0.315. The molecule has 0 aliphatic rings. The summed E-state index contributed by atoms with van der Waals surface area (Å²) >= 11 is 0. The first-order valence-corrected chi connectivity index (χ1v) is 12.2. The smallest absolute Gasteiger partial charge is 0.251 e. The highest BCUT2D eigenvalue weighted by atomic mass is 35.5.